The van der Waals surface area contributed by atoms with Crippen molar-refractivity contribution >= 4 is 5.91 Å². The van der Waals surface area contributed by atoms with Crippen LogP contribution < -0.4 is 5.73 Å². The molecule has 0 saturated carbocycles. The largest absolute Gasteiger partial charge is 0.342 e. The number of amides is 1. The molecule has 0 bridgehead atoms. The molecule has 3 nitrogen and oxygen atoms in total. The summed E-state index contributed by atoms with van der Waals surface area (Å²) in [4.78, 5) is 14.3. The maximum absolute atomic E-state index is 12.3. The summed E-state index contributed by atoms with van der Waals surface area (Å²) in [6.45, 7) is 15.3. The Balaban J connectivity index is 4.45. The van der Waals surface area contributed by atoms with E-state index in [0.717, 1.165) is 19.5 Å². The van der Waals surface area contributed by atoms with Gasteiger partial charge in [0.15, 0.2) is 0 Å². The van der Waals surface area contributed by atoms with Gasteiger partial charge in [-0.25, -0.2) is 0 Å². The quantitative estimate of drug-likeness (QED) is 0.761. The van der Waals surface area contributed by atoms with Crippen molar-refractivity contribution in [3.63, 3.8) is 0 Å². The molecule has 3 heteroatoms. The van der Waals surface area contributed by atoms with E-state index in [9.17, 15) is 4.79 Å². The molecule has 0 aliphatic heterocycles. The Morgan fingerprint density at radius 3 is 2.17 bits per heavy atom. The van der Waals surface area contributed by atoms with Gasteiger partial charge in [0, 0.05) is 19.5 Å². The van der Waals surface area contributed by atoms with Crippen LogP contribution in [-0.4, -0.2) is 30.4 Å². The highest BCUT2D eigenvalue weighted by Gasteiger charge is 2.25. The molecule has 2 N–H and O–H groups in total. The zero-order chi connectivity index (χ0) is 14.3. The second-order valence-corrected chi connectivity index (χ2v) is 6.85. The summed E-state index contributed by atoms with van der Waals surface area (Å²) < 4.78 is 0. The lowest BCUT2D eigenvalue weighted by Gasteiger charge is -2.30. The van der Waals surface area contributed by atoms with E-state index in [1.54, 1.807) is 0 Å². The van der Waals surface area contributed by atoms with E-state index in [1.807, 2.05) is 4.90 Å². The number of hydrogen-bond donors (Lipinski definition) is 1. The Bertz CT molecular complexity index is 243. The lowest BCUT2D eigenvalue weighted by Crippen LogP contribution is -2.37. The molecule has 0 heterocycles. The molecule has 1 amide bonds. The Labute approximate surface area is 113 Å². The van der Waals surface area contributed by atoms with Crippen LogP contribution in [0.25, 0.3) is 0 Å². The molecule has 0 aromatic carbocycles. The summed E-state index contributed by atoms with van der Waals surface area (Å²) in [6, 6.07) is 0. The van der Waals surface area contributed by atoms with E-state index in [4.69, 9.17) is 5.73 Å². The van der Waals surface area contributed by atoms with Gasteiger partial charge in [-0.05, 0) is 30.2 Å². The lowest BCUT2D eigenvalue weighted by molar-refractivity contribution is -0.133. The van der Waals surface area contributed by atoms with Gasteiger partial charge < -0.3 is 10.6 Å². The third-order valence-corrected chi connectivity index (χ3v) is 3.53. The highest BCUT2D eigenvalue weighted by Crippen LogP contribution is 2.28. The molecule has 0 fully saturated rings. The summed E-state index contributed by atoms with van der Waals surface area (Å²) >= 11 is 0. The first-order valence-corrected chi connectivity index (χ1v) is 7.16. The van der Waals surface area contributed by atoms with E-state index in [0.29, 0.717) is 24.8 Å². The first-order chi connectivity index (χ1) is 8.18. The second-order valence-electron chi connectivity index (χ2n) is 6.85. The van der Waals surface area contributed by atoms with Crippen molar-refractivity contribution in [2.45, 2.75) is 54.4 Å². The number of nitrogens with zero attached hydrogens (tertiary/aromatic N) is 1. The Morgan fingerprint density at radius 1 is 1.22 bits per heavy atom. The SMILES string of the molecule is CC(C)CN(CCCN)C(=O)CC(C)C(C)(C)C. The van der Waals surface area contributed by atoms with Crippen LogP contribution in [0.4, 0.5) is 0 Å². The molecule has 0 aromatic rings. The minimum atomic E-state index is 0.188. The van der Waals surface area contributed by atoms with Crippen LogP contribution in [0.5, 0.6) is 0 Å². The van der Waals surface area contributed by atoms with Gasteiger partial charge in [-0.1, -0.05) is 41.5 Å². The van der Waals surface area contributed by atoms with Crippen LogP contribution in [0.1, 0.15) is 54.4 Å². The summed E-state index contributed by atoms with van der Waals surface area (Å²) in [5, 5.41) is 0. The Morgan fingerprint density at radius 2 is 1.78 bits per heavy atom. The first-order valence-electron chi connectivity index (χ1n) is 7.16. The average molecular weight is 256 g/mol. The van der Waals surface area contributed by atoms with Gasteiger partial charge >= 0.3 is 0 Å². The van der Waals surface area contributed by atoms with Gasteiger partial charge in [-0.15, -0.1) is 0 Å². The van der Waals surface area contributed by atoms with Crippen molar-refractivity contribution in [3.05, 3.63) is 0 Å². The predicted molar refractivity (Wildman–Crippen MR) is 78.3 cm³/mol. The molecule has 0 saturated heterocycles. The number of rotatable bonds is 7. The van der Waals surface area contributed by atoms with Gasteiger partial charge in [-0.3, -0.25) is 4.79 Å². The lowest BCUT2D eigenvalue weighted by atomic mass is 9.80. The second kappa shape index (κ2) is 7.78. The smallest absolute Gasteiger partial charge is 0.222 e. The molecule has 1 atom stereocenters. The van der Waals surface area contributed by atoms with E-state index < -0.39 is 0 Å². The molecule has 0 spiro atoms. The van der Waals surface area contributed by atoms with Gasteiger partial charge in [0.25, 0.3) is 0 Å². The monoisotopic (exact) mass is 256 g/mol. The van der Waals surface area contributed by atoms with Crippen molar-refractivity contribution < 1.29 is 4.79 Å². The van der Waals surface area contributed by atoms with E-state index >= 15 is 0 Å². The maximum atomic E-state index is 12.3. The van der Waals surface area contributed by atoms with Crippen LogP contribution >= 0.6 is 0 Å². The molecule has 0 radical (unpaired) electrons. The van der Waals surface area contributed by atoms with Gasteiger partial charge in [0.2, 0.25) is 5.91 Å². The van der Waals surface area contributed by atoms with Gasteiger partial charge in [0.05, 0.1) is 0 Å². The molecule has 108 valence electrons. The topological polar surface area (TPSA) is 46.3 Å². The van der Waals surface area contributed by atoms with E-state index in [2.05, 4.69) is 41.5 Å². The first kappa shape index (κ1) is 17.4. The predicted octanol–water partition coefficient (Wildman–Crippen LogP) is 2.89. The molecular weight excluding hydrogens is 224 g/mol. The number of nitrogens with two attached hydrogens (primary N) is 1. The molecule has 0 aromatic heterocycles. The fourth-order valence-electron chi connectivity index (χ4n) is 1.74. The number of hydrogen-bond acceptors (Lipinski definition) is 2. The van der Waals surface area contributed by atoms with Crippen LogP contribution in [0.2, 0.25) is 0 Å². The van der Waals surface area contributed by atoms with Crippen molar-refractivity contribution in [2.75, 3.05) is 19.6 Å². The minimum absolute atomic E-state index is 0.188. The zero-order valence-electron chi connectivity index (χ0n) is 13.1. The average Bonchev–Trinajstić information content (AvgIpc) is 2.22. The van der Waals surface area contributed by atoms with E-state index in [1.165, 1.54) is 0 Å². The summed E-state index contributed by atoms with van der Waals surface area (Å²) in [5.74, 6) is 1.19. The van der Waals surface area contributed by atoms with Gasteiger partial charge in [-0.2, -0.15) is 0 Å². The Hall–Kier alpha value is -0.570. The fourth-order valence-corrected chi connectivity index (χ4v) is 1.74. The van der Waals surface area contributed by atoms with Crippen molar-refractivity contribution in [1.82, 2.24) is 4.90 Å². The number of carbonyl (C=O) groups excluding carboxylic acids is 1. The normalized spacial score (nSPS) is 13.8. The highest BCUT2D eigenvalue weighted by atomic mass is 16.2. The molecule has 0 rings (SSSR count). The summed E-state index contributed by atoms with van der Waals surface area (Å²) in [5.41, 5.74) is 5.73. The fraction of sp³-hybridized carbons (Fsp3) is 0.933. The van der Waals surface area contributed by atoms with Crippen LogP contribution in [0.3, 0.4) is 0 Å². The molecule has 18 heavy (non-hydrogen) atoms. The van der Waals surface area contributed by atoms with Crippen molar-refractivity contribution in [1.29, 1.82) is 0 Å². The Kier molecular flexibility index (Phi) is 7.53. The highest BCUT2D eigenvalue weighted by molar-refractivity contribution is 5.76. The van der Waals surface area contributed by atoms with E-state index in [-0.39, 0.29) is 11.3 Å². The van der Waals surface area contributed by atoms with Crippen LogP contribution in [-0.2, 0) is 4.79 Å². The zero-order valence-corrected chi connectivity index (χ0v) is 13.1. The maximum Gasteiger partial charge on any atom is 0.222 e. The van der Waals surface area contributed by atoms with Crippen molar-refractivity contribution in [2.24, 2.45) is 23.0 Å². The van der Waals surface area contributed by atoms with Crippen molar-refractivity contribution in [3.8, 4) is 0 Å². The molecule has 0 aliphatic carbocycles. The molecule has 1 unspecified atom stereocenters. The van der Waals surface area contributed by atoms with Crippen LogP contribution in [0, 0.1) is 17.3 Å². The van der Waals surface area contributed by atoms with Gasteiger partial charge in [0.1, 0.15) is 0 Å². The summed E-state index contributed by atoms with van der Waals surface area (Å²) in [6.07, 6.45) is 1.53. The minimum Gasteiger partial charge on any atom is -0.342 e. The van der Waals surface area contributed by atoms with Crippen LogP contribution in [0.15, 0.2) is 0 Å². The third kappa shape index (κ3) is 7.00. The third-order valence-electron chi connectivity index (χ3n) is 3.53. The standard InChI is InChI=1S/C15H32N2O/c1-12(2)11-17(9-7-8-16)14(18)10-13(3)15(4,5)6/h12-13H,7-11,16H2,1-6H3. The molecular formula is C15H32N2O. The molecule has 0 aliphatic rings. The summed E-state index contributed by atoms with van der Waals surface area (Å²) in [7, 11) is 0. The number of carbonyl (C=O) groups is 1.